The summed E-state index contributed by atoms with van der Waals surface area (Å²) in [7, 11) is -5.09. The Labute approximate surface area is 251 Å². The first-order valence-electron chi connectivity index (χ1n) is 12.0. The van der Waals surface area contributed by atoms with Crippen LogP contribution in [0, 0.1) is 0 Å². The second-order valence-corrected chi connectivity index (χ2v) is 10.4. The second kappa shape index (κ2) is 12.0. The van der Waals surface area contributed by atoms with Gasteiger partial charge in [-0.25, -0.2) is 0 Å². The van der Waals surface area contributed by atoms with E-state index in [1.165, 1.54) is 17.4 Å². The molecule has 0 aliphatic heterocycles. The van der Waals surface area contributed by atoms with Gasteiger partial charge in [-0.05, 0) is 41.5 Å². The standard InChI is InChI=1S/C26H15F9N4O6S/c27-24(28,29)23(40)37-22-15-4-2-1-3-14(15)21(46(41,42)43)11-18(22)39-38-17-8-6-13(10-20(17)45-26(33,34)35)12-5-7-16(36)19(9-12)44-25(30,31)32/h1-11H,36H2,(H,37,40)(H,41,42,43)/b39-38+. The number of carbonyl (C=O) groups excluding carboxylic acids is 1. The minimum absolute atomic E-state index is 0.131. The van der Waals surface area contributed by atoms with E-state index in [0.29, 0.717) is 12.1 Å². The first-order chi connectivity index (χ1) is 21.1. The lowest BCUT2D eigenvalue weighted by Gasteiger charge is -2.15. The van der Waals surface area contributed by atoms with Crippen LogP contribution >= 0.6 is 0 Å². The summed E-state index contributed by atoms with van der Waals surface area (Å²) in [6, 6.07) is 10.6. The third-order valence-electron chi connectivity index (χ3n) is 5.78. The lowest BCUT2D eigenvalue weighted by molar-refractivity contribution is -0.275. The zero-order valence-corrected chi connectivity index (χ0v) is 22.9. The van der Waals surface area contributed by atoms with Crippen molar-refractivity contribution in [2.75, 3.05) is 11.1 Å². The molecule has 4 rings (SSSR count). The smallest absolute Gasteiger partial charge is 0.404 e. The summed E-state index contributed by atoms with van der Waals surface area (Å²) >= 11 is 0. The Morgan fingerprint density at radius 1 is 0.739 bits per heavy atom. The Hall–Kier alpha value is -5.11. The van der Waals surface area contributed by atoms with E-state index in [2.05, 4.69) is 19.7 Å². The molecule has 1 amide bonds. The third-order valence-corrected chi connectivity index (χ3v) is 6.68. The molecule has 0 unspecified atom stereocenters. The van der Waals surface area contributed by atoms with Crippen molar-refractivity contribution in [2.45, 2.75) is 23.8 Å². The SMILES string of the molecule is Nc1ccc(-c2ccc(/N=N/c3cc(S(=O)(=O)O)c4ccccc4c3NC(=O)C(F)(F)F)c(OC(F)(F)F)c2)cc1OC(F)(F)F. The van der Waals surface area contributed by atoms with Crippen LogP contribution in [0.3, 0.4) is 0 Å². The molecule has 0 aromatic heterocycles. The molecule has 46 heavy (non-hydrogen) atoms. The van der Waals surface area contributed by atoms with Crippen LogP contribution in [-0.4, -0.2) is 37.8 Å². The molecule has 0 bridgehead atoms. The van der Waals surface area contributed by atoms with E-state index in [1.54, 1.807) is 0 Å². The number of nitrogens with one attached hydrogen (secondary N) is 1. The lowest BCUT2D eigenvalue weighted by Crippen LogP contribution is -2.30. The number of rotatable bonds is 7. The molecule has 10 nitrogen and oxygen atoms in total. The highest BCUT2D eigenvalue weighted by Gasteiger charge is 2.39. The van der Waals surface area contributed by atoms with E-state index in [1.807, 2.05) is 0 Å². The zero-order chi connectivity index (χ0) is 34.2. The topological polar surface area (TPSA) is 153 Å². The van der Waals surface area contributed by atoms with E-state index < -0.39 is 74.1 Å². The van der Waals surface area contributed by atoms with Crippen molar-refractivity contribution in [3.8, 4) is 22.6 Å². The Morgan fingerprint density at radius 2 is 1.26 bits per heavy atom. The number of benzene rings is 4. The van der Waals surface area contributed by atoms with Gasteiger partial charge in [0.15, 0.2) is 11.5 Å². The number of ether oxygens (including phenoxy) is 2. The van der Waals surface area contributed by atoms with Gasteiger partial charge in [-0.2, -0.15) is 21.6 Å². The highest BCUT2D eigenvalue weighted by Crippen LogP contribution is 2.42. The number of carbonyl (C=O) groups is 1. The first kappa shape index (κ1) is 33.8. The van der Waals surface area contributed by atoms with Crippen molar-refractivity contribution in [2.24, 2.45) is 10.2 Å². The maximum atomic E-state index is 13.3. The highest BCUT2D eigenvalue weighted by atomic mass is 32.2. The molecule has 20 heteroatoms. The van der Waals surface area contributed by atoms with Gasteiger partial charge in [0.2, 0.25) is 0 Å². The first-order valence-corrected chi connectivity index (χ1v) is 13.4. The maximum absolute atomic E-state index is 13.3. The van der Waals surface area contributed by atoms with Crippen molar-refractivity contribution < 1.29 is 66.8 Å². The average molecular weight is 682 g/mol. The van der Waals surface area contributed by atoms with Crippen molar-refractivity contribution in [3.63, 3.8) is 0 Å². The average Bonchev–Trinajstić information content (AvgIpc) is 2.91. The normalized spacial score (nSPS) is 12.8. The van der Waals surface area contributed by atoms with E-state index in [4.69, 9.17) is 5.73 Å². The predicted octanol–water partition coefficient (Wildman–Crippen LogP) is 8.05. The fraction of sp³-hybridized carbons (Fsp3) is 0.115. The molecule has 0 radical (unpaired) electrons. The van der Waals surface area contributed by atoms with Gasteiger partial charge in [-0.3, -0.25) is 9.35 Å². The van der Waals surface area contributed by atoms with Gasteiger partial charge in [-0.15, -0.1) is 36.6 Å². The number of halogens is 9. The van der Waals surface area contributed by atoms with Crippen LogP contribution in [0.25, 0.3) is 21.9 Å². The van der Waals surface area contributed by atoms with Crippen LogP contribution < -0.4 is 20.5 Å². The summed E-state index contributed by atoms with van der Waals surface area (Å²) in [5.41, 5.74) is 2.33. The summed E-state index contributed by atoms with van der Waals surface area (Å²) in [5.74, 6) is -4.51. The highest BCUT2D eigenvalue weighted by molar-refractivity contribution is 7.86. The van der Waals surface area contributed by atoms with Gasteiger partial charge in [0.25, 0.3) is 10.1 Å². The maximum Gasteiger partial charge on any atom is 0.573 e. The number of alkyl halides is 9. The third kappa shape index (κ3) is 8.13. The molecule has 0 spiro atoms. The lowest BCUT2D eigenvalue weighted by atomic mass is 10.0. The molecule has 0 heterocycles. The zero-order valence-electron chi connectivity index (χ0n) is 22.1. The molecule has 0 fully saturated rings. The van der Waals surface area contributed by atoms with Crippen molar-refractivity contribution in [1.82, 2.24) is 0 Å². The van der Waals surface area contributed by atoms with E-state index in [9.17, 15) is 57.3 Å². The molecule has 4 aromatic carbocycles. The Morgan fingerprint density at radius 3 is 1.83 bits per heavy atom. The fourth-order valence-electron chi connectivity index (χ4n) is 3.95. The summed E-state index contributed by atoms with van der Waals surface area (Å²) in [6.07, 6.45) is -16.0. The second-order valence-electron chi connectivity index (χ2n) is 8.97. The number of nitrogens with zero attached hydrogens (tertiary/aromatic N) is 2. The summed E-state index contributed by atoms with van der Waals surface area (Å²) < 4.78 is 159. The molecule has 0 saturated heterocycles. The van der Waals surface area contributed by atoms with Crippen molar-refractivity contribution in [3.05, 3.63) is 66.7 Å². The minimum atomic E-state index is -5.45. The molecule has 0 saturated carbocycles. The van der Waals surface area contributed by atoms with E-state index in [0.717, 1.165) is 42.5 Å². The number of nitrogen functional groups attached to an aromatic ring is 1. The quantitative estimate of drug-likeness (QED) is 0.0772. The van der Waals surface area contributed by atoms with Crippen LogP contribution in [-0.2, 0) is 14.9 Å². The summed E-state index contributed by atoms with van der Waals surface area (Å²) in [5, 5.41) is 7.86. The minimum Gasteiger partial charge on any atom is -0.404 e. The van der Waals surface area contributed by atoms with Crippen LogP contribution in [0.5, 0.6) is 11.5 Å². The van der Waals surface area contributed by atoms with Gasteiger partial charge in [0, 0.05) is 10.8 Å². The molecule has 0 aliphatic rings. The van der Waals surface area contributed by atoms with Gasteiger partial charge in [0.1, 0.15) is 16.3 Å². The van der Waals surface area contributed by atoms with E-state index in [-0.39, 0.29) is 21.9 Å². The van der Waals surface area contributed by atoms with Gasteiger partial charge < -0.3 is 20.5 Å². The Bertz CT molecular complexity index is 1960. The monoisotopic (exact) mass is 682 g/mol. The van der Waals surface area contributed by atoms with Gasteiger partial charge in [0.05, 0.1) is 11.4 Å². The van der Waals surface area contributed by atoms with E-state index >= 15 is 0 Å². The number of anilines is 2. The number of amides is 1. The molecule has 244 valence electrons. The number of hydrogen-bond donors (Lipinski definition) is 3. The van der Waals surface area contributed by atoms with Crippen molar-refractivity contribution in [1.29, 1.82) is 0 Å². The van der Waals surface area contributed by atoms with Crippen LogP contribution in [0.4, 0.5) is 62.3 Å². The van der Waals surface area contributed by atoms with Crippen LogP contribution in [0.2, 0.25) is 0 Å². The molecule has 0 atom stereocenters. The van der Waals surface area contributed by atoms with Gasteiger partial charge in [-0.1, -0.05) is 36.4 Å². The van der Waals surface area contributed by atoms with Crippen molar-refractivity contribution >= 4 is 49.5 Å². The number of fused-ring (bicyclic) bond motifs is 1. The molecular formula is C26H15F9N4O6S. The summed E-state index contributed by atoms with van der Waals surface area (Å²) in [4.78, 5) is 10.9. The Balaban J connectivity index is 1.88. The fourth-order valence-corrected chi connectivity index (χ4v) is 4.67. The Kier molecular flexibility index (Phi) is 8.82. The molecule has 4 N–H and O–H groups in total. The van der Waals surface area contributed by atoms with Crippen LogP contribution in [0.15, 0.2) is 81.9 Å². The summed E-state index contributed by atoms with van der Waals surface area (Å²) in [6.45, 7) is 0. The molecular weight excluding hydrogens is 667 g/mol. The number of azo groups is 1. The van der Waals surface area contributed by atoms with Gasteiger partial charge >= 0.3 is 24.8 Å². The number of hydrogen-bond acceptors (Lipinski definition) is 8. The largest absolute Gasteiger partial charge is 0.573 e. The number of nitrogens with two attached hydrogens (primary N) is 1. The predicted molar refractivity (Wildman–Crippen MR) is 142 cm³/mol. The molecule has 0 aliphatic carbocycles. The molecule has 4 aromatic rings. The van der Waals surface area contributed by atoms with Crippen LogP contribution in [0.1, 0.15) is 0 Å².